The molecule has 4 aliphatic heterocycles. The molecule has 4 heterocycles. The summed E-state index contributed by atoms with van der Waals surface area (Å²) in [6.45, 7) is 7.31. The lowest BCUT2D eigenvalue weighted by Gasteiger charge is -2.39. The third-order valence-corrected chi connectivity index (χ3v) is 12.0. The van der Waals surface area contributed by atoms with Gasteiger partial charge in [-0.15, -0.1) is 0 Å². The summed E-state index contributed by atoms with van der Waals surface area (Å²) < 4.78 is 33.2. The molecule has 0 radical (unpaired) electrons. The lowest BCUT2D eigenvalue weighted by Crippen LogP contribution is -2.55. The Hall–Kier alpha value is -4.14. The molecule has 14 heteroatoms. The number of ether oxygens (including phenoxy) is 3. The Morgan fingerprint density at radius 1 is 0.979 bits per heavy atom. The minimum absolute atomic E-state index is 0.0240. The van der Waals surface area contributed by atoms with E-state index in [4.69, 9.17) is 14.2 Å². The number of nitrogens with zero attached hydrogens (tertiary/aromatic N) is 3. The fraction of sp³-hybridized carbons (Fsp3) is 0.485. The molecule has 12 nitrogen and oxygen atoms in total. The van der Waals surface area contributed by atoms with Gasteiger partial charge >= 0.3 is 11.9 Å². The average Bonchev–Trinajstić information content (AvgIpc) is 3.38. The number of anilines is 3. The highest BCUT2D eigenvalue weighted by Gasteiger charge is 2.66. The zero-order valence-electron chi connectivity index (χ0n) is 26.9. The molecule has 47 heavy (non-hydrogen) atoms. The van der Waals surface area contributed by atoms with Crippen LogP contribution in [0.2, 0.25) is 18.6 Å². The Kier molecular flexibility index (Phi) is 8.25. The quantitative estimate of drug-likeness (QED) is 0.184. The van der Waals surface area contributed by atoms with Crippen molar-refractivity contribution in [1.29, 1.82) is 0 Å². The van der Waals surface area contributed by atoms with Gasteiger partial charge in [-0.05, 0) is 55.4 Å². The predicted molar refractivity (Wildman–Crippen MR) is 169 cm³/mol. The van der Waals surface area contributed by atoms with Crippen molar-refractivity contribution in [2.45, 2.75) is 89.4 Å². The summed E-state index contributed by atoms with van der Waals surface area (Å²) >= 11 is 0. The number of rotatable bonds is 9. The van der Waals surface area contributed by atoms with Crippen LogP contribution in [-0.2, 0) is 50.3 Å². The molecule has 2 aromatic carbocycles. The lowest BCUT2D eigenvalue weighted by molar-refractivity contribution is -0.155. The van der Waals surface area contributed by atoms with Gasteiger partial charge in [-0.2, -0.15) is 0 Å². The molecule has 6 atom stereocenters. The number of benzene rings is 2. The van der Waals surface area contributed by atoms with E-state index in [-0.39, 0.29) is 44.2 Å². The summed E-state index contributed by atoms with van der Waals surface area (Å²) in [4.78, 5) is 67.5. The maximum absolute atomic E-state index is 16.0. The molecule has 2 aromatic rings. The Morgan fingerprint density at radius 3 is 2.11 bits per heavy atom. The standard InChI is InChI=1S/C33H38FN3O9Si/c1-18-31(47(4,5)34)26(11-12-38)46-33(18)24-14-23(37-28(42)16-30(37)45-20(3)40)9-10-25(24)35(32(33)43)17-21-7-6-8-22(13-21)36-27(41)15-29(36)44-19(2)39/h6-10,13-14,18,26,29-31,38H,11-12,15-17H2,1-5H3/t18-,26+,29?,30?,31-,33+/m1/s1. The van der Waals surface area contributed by atoms with Gasteiger partial charge in [-0.3, -0.25) is 33.8 Å². The SMILES string of the molecule is CC(=O)OC1CC(=O)N1c1cccc(CN2C(=O)[C@@]3(O[C@@H](CCO)[C@H]([Si](C)(C)F)[C@H]3C)c3cc(N4C(=O)CC4OC(C)=O)ccc32)c1. The summed E-state index contributed by atoms with van der Waals surface area (Å²) in [5, 5.41) is 9.88. The van der Waals surface area contributed by atoms with Gasteiger partial charge < -0.3 is 28.3 Å². The highest BCUT2D eigenvalue weighted by Crippen LogP contribution is 2.61. The maximum Gasteiger partial charge on any atom is 0.304 e. The molecule has 0 aromatic heterocycles. The number of carbonyl (C=O) groups excluding carboxylic acids is 5. The Labute approximate surface area is 272 Å². The summed E-state index contributed by atoms with van der Waals surface area (Å²) in [6.07, 6.45) is -1.99. The van der Waals surface area contributed by atoms with E-state index < -0.39 is 61.9 Å². The molecule has 0 aliphatic carbocycles. The van der Waals surface area contributed by atoms with Crippen molar-refractivity contribution in [3.63, 3.8) is 0 Å². The topological polar surface area (TPSA) is 143 Å². The monoisotopic (exact) mass is 667 g/mol. The number of hydrogen-bond acceptors (Lipinski definition) is 9. The fourth-order valence-electron chi connectivity index (χ4n) is 7.69. The largest absolute Gasteiger partial charge is 0.441 e. The van der Waals surface area contributed by atoms with Crippen LogP contribution < -0.4 is 14.7 Å². The second-order valence-corrected chi connectivity index (χ2v) is 16.9. The minimum Gasteiger partial charge on any atom is -0.441 e. The molecule has 1 N–H and O–H groups in total. The van der Waals surface area contributed by atoms with Gasteiger partial charge in [0.05, 0.1) is 31.2 Å². The molecule has 1 spiro atoms. The van der Waals surface area contributed by atoms with Gasteiger partial charge in [0.2, 0.25) is 20.2 Å². The van der Waals surface area contributed by atoms with Crippen molar-refractivity contribution in [3.8, 4) is 0 Å². The van der Waals surface area contributed by atoms with E-state index >= 15 is 4.11 Å². The second-order valence-electron chi connectivity index (χ2n) is 13.1. The van der Waals surface area contributed by atoms with Crippen molar-refractivity contribution in [1.82, 2.24) is 0 Å². The third kappa shape index (κ3) is 5.41. The van der Waals surface area contributed by atoms with Crippen LogP contribution in [0, 0.1) is 5.92 Å². The molecule has 2 unspecified atom stereocenters. The summed E-state index contributed by atoms with van der Waals surface area (Å²) in [5.41, 5.74) is 0.329. The van der Waals surface area contributed by atoms with Crippen molar-refractivity contribution in [3.05, 3.63) is 53.6 Å². The zero-order chi connectivity index (χ0) is 34.0. The first-order chi connectivity index (χ1) is 22.2. The van der Waals surface area contributed by atoms with E-state index in [1.165, 1.54) is 23.6 Å². The number of esters is 2. The first-order valence-electron chi connectivity index (χ1n) is 15.7. The molecule has 0 bridgehead atoms. The minimum atomic E-state index is -3.44. The molecule has 0 saturated carbocycles. The van der Waals surface area contributed by atoms with Gasteiger partial charge in [0.1, 0.15) is 0 Å². The van der Waals surface area contributed by atoms with Crippen molar-refractivity contribution in [2.24, 2.45) is 5.92 Å². The van der Waals surface area contributed by atoms with Crippen LogP contribution >= 0.6 is 0 Å². The second kappa shape index (κ2) is 11.8. The molecule has 6 rings (SSSR count). The number of carbonyl (C=O) groups is 5. The Morgan fingerprint density at radius 2 is 1.57 bits per heavy atom. The van der Waals surface area contributed by atoms with E-state index in [1.807, 2.05) is 0 Å². The molecule has 3 amide bonds. The van der Waals surface area contributed by atoms with Crippen LogP contribution in [0.5, 0.6) is 0 Å². The van der Waals surface area contributed by atoms with Crippen molar-refractivity contribution >= 4 is 55.1 Å². The molecular weight excluding hydrogens is 629 g/mol. The normalized spacial score (nSPS) is 28.4. The number of halogens is 1. The Bertz CT molecular complexity index is 1660. The highest BCUT2D eigenvalue weighted by atomic mass is 28.4. The lowest BCUT2D eigenvalue weighted by atomic mass is 9.82. The number of β-lactam (4-membered cyclic amide) rings is 2. The summed E-state index contributed by atoms with van der Waals surface area (Å²) in [6, 6.07) is 12.1. The predicted octanol–water partition coefficient (Wildman–Crippen LogP) is 3.64. The maximum atomic E-state index is 16.0. The molecule has 3 saturated heterocycles. The van der Waals surface area contributed by atoms with E-state index in [0.717, 1.165) is 0 Å². The molecule has 250 valence electrons. The van der Waals surface area contributed by atoms with E-state index in [9.17, 15) is 29.1 Å². The van der Waals surface area contributed by atoms with Gasteiger partial charge in [-0.25, -0.2) is 0 Å². The number of hydrogen-bond donors (Lipinski definition) is 1. The first kappa shape index (κ1) is 32.8. The summed E-state index contributed by atoms with van der Waals surface area (Å²) in [5.74, 6) is -2.54. The van der Waals surface area contributed by atoms with Crippen LogP contribution in [0.15, 0.2) is 42.5 Å². The van der Waals surface area contributed by atoms with Gasteiger partial charge in [-0.1, -0.05) is 19.1 Å². The van der Waals surface area contributed by atoms with Crippen LogP contribution in [0.4, 0.5) is 21.2 Å². The number of aliphatic hydroxyl groups excluding tert-OH is 1. The van der Waals surface area contributed by atoms with Crippen LogP contribution in [-0.4, -0.2) is 68.3 Å². The van der Waals surface area contributed by atoms with Crippen LogP contribution in [0.25, 0.3) is 0 Å². The van der Waals surface area contributed by atoms with Gasteiger partial charge in [0.25, 0.3) is 5.91 Å². The van der Waals surface area contributed by atoms with Crippen molar-refractivity contribution < 1.29 is 47.4 Å². The number of fused-ring (bicyclic) bond motifs is 2. The molecule has 3 fully saturated rings. The Balaban J connectivity index is 1.41. The van der Waals surface area contributed by atoms with E-state index in [2.05, 4.69) is 0 Å². The fourth-order valence-corrected chi connectivity index (χ4v) is 10.2. The zero-order valence-corrected chi connectivity index (χ0v) is 27.9. The highest BCUT2D eigenvalue weighted by molar-refractivity contribution is 6.72. The van der Waals surface area contributed by atoms with Crippen LogP contribution in [0.3, 0.4) is 0 Å². The molecular formula is C33H38FN3O9Si. The smallest absolute Gasteiger partial charge is 0.304 e. The summed E-state index contributed by atoms with van der Waals surface area (Å²) in [7, 11) is -3.44. The number of aliphatic hydroxyl groups is 1. The first-order valence-corrected chi connectivity index (χ1v) is 18.6. The third-order valence-electron chi connectivity index (χ3n) is 9.58. The van der Waals surface area contributed by atoms with Gasteiger partial charge in [0.15, 0.2) is 18.1 Å². The van der Waals surface area contributed by atoms with E-state index in [1.54, 1.807) is 67.4 Å². The number of amides is 3. The van der Waals surface area contributed by atoms with Crippen LogP contribution in [0.1, 0.15) is 51.2 Å². The van der Waals surface area contributed by atoms with E-state index in [0.29, 0.717) is 28.2 Å². The molecule has 4 aliphatic rings. The van der Waals surface area contributed by atoms with Gasteiger partial charge in [0, 0.05) is 48.9 Å². The van der Waals surface area contributed by atoms with Crippen molar-refractivity contribution in [2.75, 3.05) is 21.3 Å². The average molecular weight is 668 g/mol.